The Hall–Kier alpha value is -3.68. The molecule has 0 bridgehead atoms. The Labute approximate surface area is 142 Å². The number of nitro groups is 1. The van der Waals surface area contributed by atoms with Gasteiger partial charge in [-0.25, -0.2) is 9.50 Å². The Balaban J connectivity index is 1.75. The number of fused-ring (bicyclic) bond motifs is 1. The van der Waals surface area contributed by atoms with Gasteiger partial charge in [-0.1, -0.05) is 0 Å². The van der Waals surface area contributed by atoms with Crippen molar-refractivity contribution in [1.82, 2.24) is 19.2 Å². The molecule has 0 fully saturated rings. The van der Waals surface area contributed by atoms with Crippen LogP contribution >= 0.6 is 0 Å². The number of aryl methyl sites for hydroxylation is 1. The highest BCUT2D eigenvalue weighted by Gasteiger charge is 2.11. The van der Waals surface area contributed by atoms with Crippen LogP contribution in [0.2, 0.25) is 0 Å². The average molecular weight is 335 g/mol. The van der Waals surface area contributed by atoms with E-state index >= 15 is 0 Å². The smallest absolute Gasteiger partial charge is 0.269 e. The molecule has 0 amide bonds. The molecule has 0 N–H and O–H groups in total. The summed E-state index contributed by atoms with van der Waals surface area (Å²) in [5.41, 5.74) is 2.46. The lowest BCUT2D eigenvalue weighted by atomic mass is 10.2. The Bertz CT molecular complexity index is 1070. The van der Waals surface area contributed by atoms with Gasteiger partial charge in [-0.3, -0.25) is 10.1 Å². The summed E-state index contributed by atoms with van der Waals surface area (Å²) in [4.78, 5) is 14.7. The number of hydrogen-bond acceptors (Lipinski definition) is 5. The molecule has 1 aromatic carbocycles. The van der Waals surface area contributed by atoms with Gasteiger partial charge in [0.15, 0.2) is 5.75 Å². The average Bonchev–Trinajstić information content (AvgIpc) is 3.24. The van der Waals surface area contributed by atoms with E-state index in [9.17, 15) is 10.1 Å². The topological polar surface area (TPSA) is 87.5 Å². The molecular weight excluding hydrogens is 322 g/mol. The SMILES string of the molecule is Cn1cnc(-c2cc(Oc3ccc([N+](=O)[O-])cc3)c3ccnn3c2)c1. The maximum atomic E-state index is 10.8. The van der Waals surface area contributed by atoms with Crippen molar-refractivity contribution in [2.45, 2.75) is 0 Å². The summed E-state index contributed by atoms with van der Waals surface area (Å²) in [5, 5.41) is 15.0. The fraction of sp³-hybridized carbons (Fsp3) is 0.0588. The Morgan fingerprint density at radius 2 is 1.96 bits per heavy atom. The zero-order chi connectivity index (χ0) is 17.4. The molecule has 0 aliphatic carbocycles. The molecule has 25 heavy (non-hydrogen) atoms. The summed E-state index contributed by atoms with van der Waals surface area (Å²) in [5.74, 6) is 1.10. The molecular formula is C17H13N5O3. The fourth-order valence-corrected chi connectivity index (χ4v) is 2.54. The lowest BCUT2D eigenvalue weighted by Gasteiger charge is -2.09. The minimum Gasteiger partial charge on any atom is -0.455 e. The van der Waals surface area contributed by atoms with E-state index < -0.39 is 4.92 Å². The molecule has 0 aliphatic heterocycles. The van der Waals surface area contributed by atoms with Gasteiger partial charge in [0, 0.05) is 37.1 Å². The van der Waals surface area contributed by atoms with Crippen LogP contribution in [0, 0.1) is 10.1 Å². The molecule has 4 aromatic rings. The van der Waals surface area contributed by atoms with Crippen LogP contribution in [0.1, 0.15) is 0 Å². The lowest BCUT2D eigenvalue weighted by Crippen LogP contribution is -1.94. The third-order valence-corrected chi connectivity index (χ3v) is 3.75. The number of benzene rings is 1. The summed E-state index contributed by atoms with van der Waals surface area (Å²) in [6.07, 6.45) is 7.18. The number of non-ortho nitro benzene ring substituents is 1. The minimum atomic E-state index is -0.444. The first-order valence-electron chi connectivity index (χ1n) is 7.48. The Morgan fingerprint density at radius 3 is 2.64 bits per heavy atom. The number of pyridine rings is 1. The molecule has 0 radical (unpaired) electrons. The first kappa shape index (κ1) is 14.9. The highest BCUT2D eigenvalue weighted by Crippen LogP contribution is 2.31. The van der Waals surface area contributed by atoms with Crippen LogP contribution < -0.4 is 4.74 Å². The second-order valence-corrected chi connectivity index (χ2v) is 5.53. The highest BCUT2D eigenvalue weighted by atomic mass is 16.6. The van der Waals surface area contributed by atoms with Gasteiger partial charge in [-0.15, -0.1) is 0 Å². The third-order valence-electron chi connectivity index (χ3n) is 3.75. The minimum absolute atomic E-state index is 0.0177. The maximum absolute atomic E-state index is 10.8. The molecule has 3 heterocycles. The van der Waals surface area contributed by atoms with Crippen LogP contribution in [0.5, 0.6) is 11.5 Å². The molecule has 0 aliphatic rings. The predicted octanol–water partition coefficient (Wildman–Crippen LogP) is 3.44. The van der Waals surface area contributed by atoms with Gasteiger partial charge in [0.2, 0.25) is 0 Å². The van der Waals surface area contributed by atoms with Crippen molar-refractivity contribution in [1.29, 1.82) is 0 Å². The quantitative estimate of drug-likeness (QED) is 0.421. The van der Waals surface area contributed by atoms with E-state index in [0.717, 1.165) is 16.8 Å². The second-order valence-electron chi connectivity index (χ2n) is 5.53. The molecule has 0 atom stereocenters. The molecule has 0 spiro atoms. The zero-order valence-electron chi connectivity index (χ0n) is 13.2. The number of aromatic nitrogens is 4. The van der Waals surface area contributed by atoms with Crippen LogP contribution in [-0.2, 0) is 7.05 Å². The molecule has 0 saturated carbocycles. The Morgan fingerprint density at radius 1 is 1.16 bits per heavy atom. The predicted molar refractivity (Wildman–Crippen MR) is 90.6 cm³/mol. The van der Waals surface area contributed by atoms with E-state index in [2.05, 4.69) is 10.1 Å². The van der Waals surface area contributed by atoms with E-state index in [1.807, 2.05) is 36.1 Å². The summed E-state index contributed by atoms with van der Waals surface area (Å²) in [6, 6.07) is 9.66. The number of imidazole rings is 1. The van der Waals surface area contributed by atoms with Crippen molar-refractivity contribution in [3.8, 4) is 22.8 Å². The van der Waals surface area contributed by atoms with Gasteiger partial charge in [0.1, 0.15) is 11.3 Å². The molecule has 3 aromatic heterocycles. The fourth-order valence-electron chi connectivity index (χ4n) is 2.54. The molecule has 8 heteroatoms. The van der Waals surface area contributed by atoms with E-state index in [-0.39, 0.29) is 5.69 Å². The number of hydrogen-bond donors (Lipinski definition) is 0. The van der Waals surface area contributed by atoms with Gasteiger partial charge in [0.05, 0.1) is 23.1 Å². The third kappa shape index (κ3) is 2.80. The normalized spacial score (nSPS) is 10.9. The van der Waals surface area contributed by atoms with Crippen LogP contribution in [0.15, 0.2) is 61.3 Å². The summed E-state index contributed by atoms with van der Waals surface area (Å²) in [6.45, 7) is 0. The van der Waals surface area contributed by atoms with Crippen molar-refractivity contribution < 1.29 is 9.66 Å². The van der Waals surface area contributed by atoms with Gasteiger partial charge in [-0.05, 0) is 24.3 Å². The maximum Gasteiger partial charge on any atom is 0.269 e. The van der Waals surface area contributed by atoms with Crippen LogP contribution in [0.3, 0.4) is 0 Å². The summed E-state index contributed by atoms with van der Waals surface area (Å²) in [7, 11) is 1.90. The van der Waals surface area contributed by atoms with Crippen molar-refractivity contribution >= 4 is 11.2 Å². The van der Waals surface area contributed by atoms with Crippen LogP contribution in [0.4, 0.5) is 5.69 Å². The van der Waals surface area contributed by atoms with Crippen LogP contribution in [0.25, 0.3) is 16.8 Å². The van der Waals surface area contributed by atoms with Gasteiger partial charge in [0.25, 0.3) is 5.69 Å². The van der Waals surface area contributed by atoms with Gasteiger partial charge < -0.3 is 9.30 Å². The Kier molecular flexibility index (Phi) is 3.42. The number of nitrogens with zero attached hydrogens (tertiary/aromatic N) is 5. The largest absolute Gasteiger partial charge is 0.455 e. The molecule has 8 nitrogen and oxygen atoms in total. The lowest BCUT2D eigenvalue weighted by molar-refractivity contribution is -0.384. The summed E-state index contributed by atoms with van der Waals surface area (Å²) >= 11 is 0. The number of rotatable bonds is 4. The molecule has 4 rings (SSSR count). The van der Waals surface area contributed by atoms with Gasteiger partial charge >= 0.3 is 0 Å². The number of ether oxygens (including phenoxy) is 1. The van der Waals surface area contributed by atoms with Crippen molar-refractivity contribution in [2.24, 2.45) is 7.05 Å². The summed E-state index contributed by atoms with van der Waals surface area (Å²) < 4.78 is 9.51. The standard InChI is InChI=1S/C17H13N5O3/c1-20-10-15(18-11-20)12-8-17(16-6-7-19-21(16)9-12)25-14-4-2-13(3-5-14)22(23)24/h2-11H,1H3. The first-order valence-corrected chi connectivity index (χ1v) is 7.48. The van der Waals surface area contributed by atoms with Crippen molar-refractivity contribution in [3.63, 3.8) is 0 Å². The van der Waals surface area contributed by atoms with Gasteiger partial charge in [-0.2, -0.15) is 5.10 Å². The molecule has 0 saturated heterocycles. The van der Waals surface area contributed by atoms with Crippen molar-refractivity contribution in [3.05, 3.63) is 71.4 Å². The second kappa shape index (κ2) is 5.75. The van der Waals surface area contributed by atoms with E-state index in [1.54, 1.807) is 29.2 Å². The molecule has 124 valence electrons. The van der Waals surface area contributed by atoms with E-state index in [4.69, 9.17) is 4.74 Å². The number of nitro benzene ring substituents is 1. The van der Waals surface area contributed by atoms with Crippen LogP contribution in [-0.4, -0.2) is 24.1 Å². The molecule has 0 unspecified atom stereocenters. The first-order chi connectivity index (χ1) is 12.1. The highest BCUT2D eigenvalue weighted by molar-refractivity contribution is 5.69. The zero-order valence-corrected chi connectivity index (χ0v) is 13.2. The monoisotopic (exact) mass is 335 g/mol. The van der Waals surface area contributed by atoms with E-state index in [1.165, 1.54) is 12.1 Å². The van der Waals surface area contributed by atoms with Crippen molar-refractivity contribution in [2.75, 3.05) is 0 Å². The van der Waals surface area contributed by atoms with E-state index in [0.29, 0.717) is 11.5 Å².